The van der Waals surface area contributed by atoms with E-state index in [1.165, 1.54) is 12.8 Å². The molecule has 1 fully saturated rings. The van der Waals surface area contributed by atoms with Crippen LogP contribution in [0.3, 0.4) is 0 Å². The van der Waals surface area contributed by atoms with E-state index < -0.39 is 0 Å². The molecule has 0 radical (unpaired) electrons. The van der Waals surface area contributed by atoms with E-state index in [-0.39, 0.29) is 0 Å². The third kappa shape index (κ3) is 2.05. The molecule has 0 aromatic heterocycles. The normalized spacial score (nSPS) is 19.9. The molecular weight excluding hydrogens is 114 g/mol. The van der Waals surface area contributed by atoms with Crippen molar-refractivity contribution >= 4 is 0 Å². The van der Waals surface area contributed by atoms with Crippen molar-refractivity contribution in [1.82, 2.24) is 5.06 Å². The maximum Gasteiger partial charge on any atom is 0.129 e. The number of terminal acetylenes is 1. The van der Waals surface area contributed by atoms with Crippen LogP contribution in [0.5, 0.6) is 0 Å². The van der Waals surface area contributed by atoms with E-state index in [9.17, 15) is 0 Å². The Morgan fingerprint density at radius 3 is 2.67 bits per heavy atom. The Morgan fingerprint density at radius 2 is 2.11 bits per heavy atom. The van der Waals surface area contributed by atoms with Crippen LogP contribution in [0.25, 0.3) is 0 Å². The first-order valence-electron chi connectivity index (χ1n) is 3.25. The monoisotopic (exact) mass is 125 g/mol. The molecule has 0 unspecified atom stereocenters. The van der Waals surface area contributed by atoms with Gasteiger partial charge in [-0.3, -0.25) is 4.84 Å². The first kappa shape index (κ1) is 6.60. The summed E-state index contributed by atoms with van der Waals surface area (Å²) >= 11 is 0. The van der Waals surface area contributed by atoms with E-state index in [0.717, 1.165) is 13.1 Å². The second kappa shape index (κ2) is 3.49. The van der Waals surface area contributed by atoms with Crippen LogP contribution in [0.1, 0.15) is 12.8 Å². The fourth-order valence-corrected chi connectivity index (χ4v) is 0.946. The number of hydrogen-bond acceptors (Lipinski definition) is 2. The maximum atomic E-state index is 5.15. The molecule has 0 aromatic rings. The van der Waals surface area contributed by atoms with Crippen molar-refractivity contribution in [3.8, 4) is 12.3 Å². The Morgan fingerprint density at radius 1 is 1.44 bits per heavy atom. The van der Waals surface area contributed by atoms with Crippen LogP contribution < -0.4 is 0 Å². The molecule has 1 heterocycles. The Balaban J connectivity index is 2.06. The average molecular weight is 125 g/mol. The topological polar surface area (TPSA) is 12.5 Å². The first-order valence-corrected chi connectivity index (χ1v) is 3.25. The molecule has 9 heavy (non-hydrogen) atoms. The lowest BCUT2D eigenvalue weighted by atomic mass is 10.4. The van der Waals surface area contributed by atoms with E-state index in [0.29, 0.717) is 6.61 Å². The van der Waals surface area contributed by atoms with Gasteiger partial charge in [0, 0.05) is 13.1 Å². The minimum absolute atomic E-state index is 0.417. The lowest BCUT2D eigenvalue weighted by Gasteiger charge is -2.11. The summed E-state index contributed by atoms with van der Waals surface area (Å²) in [4.78, 5) is 5.15. The molecule has 1 aliphatic heterocycles. The summed E-state index contributed by atoms with van der Waals surface area (Å²) in [5.41, 5.74) is 0. The zero-order valence-corrected chi connectivity index (χ0v) is 5.47. The van der Waals surface area contributed by atoms with Crippen molar-refractivity contribution in [3.05, 3.63) is 0 Å². The van der Waals surface area contributed by atoms with Gasteiger partial charge in [-0.1, -0.05) is 5.92 Å². The zero-order valence-electron chi connectivity index (χ0n) is 5.47. The van der Waals surface area contributed by atoms with Gasteiger partial charge in [-0.25, -0.2) is 0 Å². The molecule has 0 bridgehead atoms. The Labute approximate surface area is 55.7 Å². The van der Waals surface area contributed by atoms with Crippen LogP contribution in [-0.2, 0) is 4.84 Å². The highest BCUT2D eigenvalue weighted by molar-refractivity contribution is 4.82. The lowest BCUT2D eigenvalue weighted by Crippen LogP contribution is -2.19. The fraction of sp³-hybridized carbons (Fsp3) is 0.714. The zero-order chi connectivity index (χ0) is 6.53. The number of hydrogen-bond donors (Lipinski definition) is 0. The van der Waals surface area contributed by atoms with Crippen molar-refractivity contribution < 1.29 is 4.84 Å². The summed E-state index contributed by atoms with van der Waals surface area (Å²) in [6, 6.07) is 0. The predicted molar refractivity (Wildman–Crippen MR) is 35.6 cm³/mol. The molecule has 2 heteroatoms. The van der Waals surface area contributed by atoms with Gasteiger partial charge < -0.3 is 0 Å². The van der Waals surface area contributed by atoms with Crippen molar-refractivity contribution in [2.75, 3.05) is 19.7 Å². The standard InChI is InChI=1S/C7H11NO/c1-2-7-9-8-5-3-4-6-8/h1H,3-7H2. The molecule has 0 atom stereocenters. The first-order chi connectivity index (χ1) is 4.43. The summed E-state index contributed by atoms with van der Waals surface area (Å²) in [6.07, 6.45) is 7.49. The highest BCUT2D eigenvalue weighted by Gasteiger charge is 2.10. The summed E-state index contributed by atoms with van der Waals surface area (Å²) in [5.74, 6) is 2.43. The quantitative estimate of drug-likeness (QED) is 0.502. The molecule has 1 saturated heterocycles. The van der Waals surface area contributed by atoms with E-state index in [2.05, 4.69) is 5.92 Å². The smallest absolute Gasteiger partial charge is 0.129 e. The molecule has 0 aromatic carbocycles. The number of nitrogens with zero attached hydrogens (tertiary/aromatic N) is 1. The van der Waals surface area contributed by atoms with Gasteiger partial charge in [0.15, 0.2) is 0 Å². The summed E-state index contributed by atoms with van der Waals surface area (Å²) < 4.78 is 0. The van der Waals surface area contributed by atoms with Gasteiger partial charge in [0.25, 0.3) is 0 Å². The fourth-order valence-electron chi connectivity index (χ4n) is 0.946. The van der Waals surface area contributed by atoms with Gasteiger partial charge in [0.2, 0.25) is 0 Å². The van der Waals surface area contributed by atoms with Crippen LogP contribution in [-0.4, -0.2) is 24.8 Å². The maximum absolute atomic E-state index is 5.15. The molecule has 2 nitrogen and oxygen atoms in total. The third-order valence-corrected chi connectivity index (χ3v) is 1.40. The largest absolute Gasteiger partial charge is 0.286 e. The van der Waals surface area contributed by atoms with Crippen molar-refractivity contribution in [2.45, 2.75) is 12.8 Å². The number of hydroxylamine groups is 2. The summed E-state index contributed by atoms with van der Waals surface area (Å²) in [5, 5.41) is 1.93. The average Bonchev–Trinajstić information content (AvgIpc) is 2.34. The molecule has 0 saturated carbocycles. The minimum atomic E-state index is 0.417. The number of rotatable bonds is 2. The van der Waals surface area contributed by atoms with Crippen LogP contribution in [0, 0.1) is 12.3 Å². The van der Waals surface area contributed by atoms with Crippen LogP contribution in [0.4, 0.5) is 0 Å². The highest BCUT2D eigenvalue weighted by Crippen LogP contribution is 2.06. The molecule has 1 rings (SSSR count). The Hall–Kier alpha value is -0.520. The van der Waals surface area contributed by atoms with Crippen molar-refractivity contribution in [2.24, 2.45) is 0 Å². The molecule has 0 spiro atoms. The molecule has 1 aliphatic rings. The van der Waals surface area contributed by atoms with E-state index in [1.54, 1.807) is 0 Å². The van der Waals surface area contributed by atoms with Crippen LogP contribution >= 0.6 is 0 Å². The highest BCUT2D eigenvalue weighted by atomic mass is 16.7. The molecule has 0 aliphatic carbocycles. The van der Waals surface area contributed by atoms with Gasteiger partial charge in [-0.2, -0.15) is 5.06 Å². The second-order valence-corrected chi connectivity index (χ2v) is 2.11. The minimum Gasteiger partial charge on any atom is -0.286 e. The van der Waals surface area contributed by atoms with E-state index >= 15 is 0 Å². The van der Waals surface area contributed by atoms with Gasteiger partial charge >= 0.3 is 0 Å². The van der Waals surface area contributed by atoms with Crippen LogP contribution in [0.15, 0.2) is 0 Å². The SMILES string of the molecule is C#CCON1CCCC1. The van der Waals surface area contributed by atoms with Gasteiger partial charge in [0.05, 0.1) is 0 Å². The predicted octanol–water partition coefficient (Wildman–Crippen LogP) is 0.647. The van der Waals surface area contributed by atoms with Crippen molar-refractivity contribution in [1.29, 1.82) is 0 Å². The molecule has 0 amide bonds. The van der Waals surface area contributed by atoms with Crippen LogP contribution in [0.2, 0.25) is 0 Å². The summed E-state index contributed by atoms with van der Waals surface area (Å²) in [7, 11) is 0. The molecular formula is C7H11NO. The van der Waals surface area contributed by atoms with Gasteiger partial charge in [-0.15, -0.1) is 6.42 Å². The van der Waals surface area contributed by atoms with Gasteiger partial charge in [0.1, 0.15) is 6.61 Å². The van der Waals surface area contributed by atoms with Crippen molar-refractivity contribution in [3.63, 3.8) is 0 Å². The molecule has 0 N–H and O–H groups in total. The van der Waals surface area contributed by atoms with E-state index in [1.807, 2.05) is 5.06 Å². The summed E-state index contributed by atoms with van der Waals surface area (Å²) in [6.45, 7) is 2.50. The Kier molecular flexibility index (Phi) is 2.56. The third-order valence-electron chi connectivity index (χ3n) is 1.40. The lowest BCUT2D eigenvalue weighted by molar-refractivity contribution is -0.128. The molecule has 50 valence electrons. The van der Waals surface area contributed by atoms with Gasteiger partial charge in [-0.05, 0) is 12.8 Å². The Bertz CT molecular complexity index is 111. The van der Waals surface area contributed by atoms with E-state index in [4.69, 9.17) is 11.3 Å². The second-order valence-electron chi connectivity index (χ2n) is 2.11.